The molecule has 3 aromatic carbocycles. The molecule has 202 valence electrons. The molecule has 0 aliphatic carbocycles. The van der Waals surface area contributed by atoms with Gasteiger partial charge in [-0.05, 0) is 30.3 Å². The minimum absolute atomic E-state index is 0.0143. The number of fused-ring (bicyclic) bond motifs is 2. The molecule has 0 unspecified atom stereocenters. The maximum Gasteiger partial charge on any atom is 0.306 e. The average molecular weight is 601 g/mol. The second kappa shape index (κ2) is 10.0. The highest BCUT2D eigenvalue weighted by Crippen LogP contribution is 2.48. The number of benzene rings is 3. The van der Waals surface area contributed by atoms with E-state index in [1.165, 1.54) is 13.2 Å². The number of phenols is 4. The number of carbonyl (C=O) groups is 1. The molecule has 0 amide bonds. The lowest BCUT2D eigenvalue weighted by atomic mass is 9.85. The van der Waals surface area contributed by atoms with E-state index >= 15 is 0 Å². The van der Waals surface area contributed by atoms with E-state index in [-0.39, 0.29) is 36.5 Å². The van der Waals surface area contributed by atoms with E-state index < -0.39 is 57.2 Å². The SMILES string of the molecule is COC(=O)C[C@H](c1cc(Br)cc2c1OCOC2)c1c(O)cc(O)c2c(=O)c(O)c(-c3ccc(O)c(O)c3)oc12. The summed E-state index contributed by atoms with van der Waals surface area (Å²) in [6.45, 7) is 0.152. The van der Waals surface area contributed by atoms with Gasteiger partial charge in [0.25, 0.3) is 0 Å². The molecular formula is C27H21BrO11. The van der Waals surface area contributed by atoms with Crippen molar-refractivity contribution in [1.82, 2.24) is 0 Å². The zero-order chi connectivity index (χ0) is 28.0. The second-order valence-electron chi connectivity index (χ2n) is 8.77. The molecule has 0 saturated carbocycles. The van der Waals surface area contributed by atoms with E-state index in [1.807, 2.05) is 0 Å². The zero-order valence-electron chi connectivity index (χ0n) is 20.2. The Hall–Kier alpha value is -4.42. The molecule has 0 fully saturated rings. The molecular weight excluding hydrogens is 580 g/mol. The fourth-order valence-corrected chi connectivity index (χ4v) is 5.15. The summed E-state index contributed by atoms with van der Waals surface area (Å²) < 4.78 is 22.6. The summed E-state index contributed by atoms with van der Waals surface area (Å²) in [6.07, 6.45) is -0.336. The van der Waals surface area contributed by atoms with Crippen LogP contribution in [-0.4, -0.2) is 45.4 Å². The molecule has 4 aromatic rings. The van der Waals surface area contributed by atoms with Crippen LogP contribution in [0.1, 0.15) is 29.0 Å². The van der Waals surface area contributed by atoms with Crippen LogP contribution in [0, 0.1) is 0 Å². The smallest absolute Gasteiger partial charge is 0.306 e. The van der Waals surface area contributed by atoms with Gasteiger partial charge in [-0.25, -0.2) is 0 Å². The van der Waals surface area contributed by atoms with Crippen LogP contribution in [0.15, 0.2) is 50.1 Å². The monoisotopic (exact) mass is 600 g/mol. The predicted octanol–water partition coefficient (Wildman–Crippen LogP) is 4.31. The first-order valence-corrected chi connectivity index (χ1v) is 12.3. The molecule has 1 atom stereocenters. The van der Waals surface area contributed by atoms with Gasteiger partial charge in [0.2, 0.25) is 11.2 Å². The van der Waals surface area contributed by atoms with Crippen LogP contribution in [0.2, 0.25) is 0 Å². The standard InChI is InChI=1S/C27H21BrO11/c1-36-20(33)7-14(15-6-13(28)4-12-9-37-10-38-25(12)15)21-18(31)8-19(32)22-23(34)24(35)26(39-27(21)22)11-2-3-16(29)17(30)5-11/h2-6,8,14,29-32,35H,7,9-10H2,1H3/t14-/m1/s1. The number of hydrogen-bond donors (Lipinski definition) is 5. The van der Waals surface area contributed by atoms with Crippen molar-refractivity contribution in [3.63, 3.8) is 0 Å². The van der Waals surface area contributed by atoms with E-state index in [9.17, 15) is 35.1 Å². The van der Waals surface area contributed by atoms with Gasteiger partial charge in [0, 0.05) is 38.7 Å². The number of rotatable bonds is 5. The Labute approximate surface area is 228 Å². The van der Waals surface area contributed by atoms with Crippen LogP contribution >= 0.6 is 15.9 Å². The molecule has 0 saturated heterocycles. The number of methoxy groups -OCH3 is 1. The largest absolute Gasteiger partial charge is 0.507 e. The summed E-state index contributed by atoms with van der Waals surface area (Å²) in [5, 5.41) is 51.6. The summed E-state index contributed by atoms with van der Waals surface area (Å²) in [5.74, 6) is -4.77. The Kier molecular flexibility index (Phi) is 6.74. The quantitative estimate of drug-likeness (QED) is 0.163. The lowest BCUT2D eigenvalue weighted by Crippen LogP contribution is -2.17. The Balaban J connectivity index is 1.87. The molecule has 0 bridgehead atoms. The molecule has 0 spiro atoms. The zero-order valence-corrected chi connectivity index (χ0v) is 21.8. The van der Waals surface area contributed by atoms with E-state index in [4.69, 9.17) is 18.6 Å². The van der Waals surface area contributed by atoms with Gasteiger partial charge in [0.1, 0.15) is 28.2 Å². The Morgan fingerprint density at radius 2 is 1.79 bits per heavy atom. The van der Waals surface area contributed by atoms with Crippen LogP contribution in [0.5, 0.6) is 34.5 Å². The van der Waals surface area contributed by atoms with Crippen LogP contribution in [0.3, 0.4) is 0 Å². The third-order valence-electron chi connectivity index (χ3n) is 6.40. The Morgan fingerprint density at radius 1 is 1.03 bits per heavy atom. The molecule has 5 N–H and O–H groups in total. The number of esters is 1. The molecule has 2 heterocycles. The summed E-state index contributed by atoms with van der Waals surface area (Å²) >= 11 is 3.44. The van der Waals surface area contributed by atoms with Crippen molar-refractivity contribution >= 4 is 32.9 Å². The van der Waals surface area contributed by atoms with E-state index in [2.05, 4.69) is 15.9 Å². The number of phenolic OH excluding ortho intramolecular Hbond substituents is 4. The molecule has 1 aliphatic rings. The molecule has 11 nitrogen and oxygen atoms in total. The maximum atomic E-state index is 13.3. The van der Waals surface area contributed by atoms with Crippen molar-refractivity contribution in [2.45, 2.75) is 18.9 Å². The van der Waals surface area contributed by atoms with Gasteiger partial charge in [-0.3, -0.25) is 9.59 Å². The van der Waals surface area contributed by atoms with Crippen molar-refractivity contribution in [1.29, 1.82) is 0 Å². The van der Waals surface area contributed by atoms with Crippen LogP contribution < -0.4 is 10.2 Å². The first kappa shape index (κ1) is 26.2. The van der Waals surface area contributed by atoms with E-state index in [0.717, 1.165) is 18.2 Å². The first-order chi connectivity index (χ1) is 18.6. The molecule has 39 heavy (non-hydrogen) atoms. The van der Waals surface area contributed by atoms with Crippen LogP contribution in [0.4, 0.5) is 0 Å². The molecule has 0 radical (unpaired) electrons. The predicted molar refractivity (Wildman–Crippen MR) is 139 cm³/mol. The lowest BCUT2D eigenvalue weighted by molar-refractivity contribution is -0.140. The number of ether oxygens (including phenoxy) is 3. The number of halogens is 1. The van der Waals surface area contributed by atoms with Crippen molar-refractivity contribution < 1.29 is 49.0 Å². The van der Waals surface area contributed by atoms with E-state index in [0.29, 0.717) is 21.3 Å². The van der Waals surface area contributed by atoms with Gasteiger partial charge >= 0.3 is 5.97 Å². The van der Waals surface area contributed by atoms with Gasteiger partial charge in [-0.1, -0.05) is 15.9 Å². The van der Waals surface area contributed by atoms with Gasteiger partial charge in [0.15, 0.2) is 24.1 Å². The van der Waals surface area contributed by atoms with Gasteiger partial charge < -0.3 is 44.2 Å². The minimum atomic E-state index is -1.03. The van der Waals surface area contributed by atoms with Gasteiger partial charge in [-0.2, -0.15) is 0 Å². The van der Waals surface area contributed by atoms with Crippen LogP contribution in [0.25, 0.3) is 22.3 Å². The number of hydrogen-bond acceptors (Lipinski definition) is 11. The minimum Gasteiger partial charge on any atom is -0.507 e. The topological polar surface area (TPSA) is 176 Å². The summed E-state index contributed by atoms with van der Waals surface area (Å²) in [5.41, 5.74) is -0.328. The highest BCUT2D eigenvalue weighted by molar-refractivity contribution is 9.10. The van der Waals surface area contributed by atoms with E-state index in [1.54, 1.807) is 12.1 Å². The fraction of sp³-hybridized carbons (Fsp3) is 0.185. The van der Waals surface area contributed by atoms with Gasteiger partial charge in [-0.15, -0.1) is 0 Å². The molecule has 5 rings (SSSR count). The summed E-state index contributed by atoms with van der Waals surface area (Å²) in [6, 6.07) is 7.83. The molecule has 1 aromatic heterocycles. The second-order valence-corrected chi connectivity index (χ2v) is 9.69. The highest BCUT2D eigenvalue weighted by Gasteiger charge is 2.33. The third-order valence-corrected chi connectivity index (χ3v) is 6.86. The molecule has 12 heteroatoms. The van der Waals surface area contributed by atoms with Gasteiger partial charge in [0.05, 0.1) is 20.1 Å². The summed E-state index contributed by atoms with van der Waals surface area (Å²) in [4.78, 5) is 25.9. The normalized spacial score (nSPS) is 13.5. The fourth-order valence-electron chi connectivity index (χ4n) is 4.63. The number of aromatic hydroxyl groups is 5. The third kappa shape index (κ3) is 4.57. The van der Waals surface area contributed by atoms with Crippen molar-refractivity contribution in [3.8, 4) is 45.8 Å². The first-order valence-electron chi connectivity index (χ1n) is 11.5. The Bertz CT molecular complexity index is 1690. The number of carbonyl (C=O) groups excluding carboxylic acids is 1. The average Bonchev–Trinajstić information content (AvgIpc) is 2.90. The summed E-state index contributed by atoms with van der Waals surface area (Å²) in [7, 11) is 1.20. The van der Waals surface area contributed by atoms with Crippen LogP contribution in [-0.2, 0) is 20.9 Å². The Morgan fingerprint density at radius 3 is 2.51 bits per heavy atom. The van der Waals surface area contributed by atoms with Crippen molar-refractivity contribution in [3.05, 3.63) is 67.8 Å². The lowest BCUT2D eigenvalue weighted by Gasteiger charge is -2.26. The van der Waals surface area contributed by atoms with Crippen molar-refractivity contribution in [2.75, 3.05) is 13.9 Å². The maximum absolute atomic E-state index is 13.3. The molecule has 1 aliphatic heterocycles. The van der Waals surface area contributed by atoms with Crippen molar-refractivity contribution in [2.24, 2.45) is 0 Å². The highest BCUT2D eigenvalue weighted by atomic mass is 79.9.